The third-order valence-electron chi connectivity index (χ3n) is 2.45. The van der Waals surface area contributed by atoms with Crippen molar-refractivity contribution >= 4 is 0 Å². The highest BCUT2D eigenvalue weighted by Gasteiger charge is 2.07. The van der Waals surface area contributed by atoms with Gasteiger partial charge in [0.1, 0.15) is 5.82 Å². The normalized spacial score (nSPS) is 12.1. The molecule has 0 spiro atoms. The first-order chi connectivity index (χ1) is 8.79. The molecule has 2 aromatic heterocycles. The number of nitrogens with one attached hydrogen (secondary N) is 1. The van der Waals surface area contributed by atoms with Gasteiger partial charge in [-0.1, -0.05) is 0 Å². The van der Waals surface area contributed by atoms with Crippen molar-refractivity contribution in [1.82, 2.24) is 25.3 Å². The standard InChI is InChI=1S/C12H15N5O/c1-9(12-13-4-3-5-14-12)15-6-10-7-17-11(18-2)8-16-10/h3-5,7-9,15H,6H2,1-2H3. The molecule has 2 rings (SSSR count). The van der Waals surface area contributed by atoms with E-state index in [2.05, 4.69) is 25.3 Å². The van der Waals surface area contributed by atoms with Crippen molar-refractivity contribution in [2.24, 2.45) is 0 Å². The van der Waals surface area contributed by atoms with E-state index in [1.54, 1.807) is 38.0 Å². The fraction of sp³-hybridized carbons (Fsp3) is 0.333. The minimum Gasteiger partial charge on any atom is -0.480 e. The van der Waals surface area contributed by atoms with E-state index in [-0.39, 0.29) is 6.04 Å². The Bertz CT molecular complexity index is 474. The van der Waals surface area contributed by atoms with Gasteiger partial charge in [0, 0.05) is 18.9 Å². The Hall–Kier alpha value is -2.08. The largest absolute Gasteiger partial charge is 0.480 e. The lowest BCUT2D eigenvalue weighted by molar-refractivity contribution is 0.394. The van der Waals surface area contributed by atoms with E-state index in [9.17, 15) is 0 Å². The second-order valence-corrected chi connectivity index (χ2v) is 3.76. The zero-order valence-corrected chi connectivity index (χ0v) is 10.4. The molecule has 0 saturated carbocycles. The summed E-state index contributed by atoms with van der Waals surface area (Å²) >= 11 is 0. The van der Waals surface area contributed by atoms with E-state index in [1.807, 2.05) is 6.92 Å². The van der Waals surface area contributed by atoms with Gasteiger partial charge in [-0.05, 0) is 13.0 Å². The van der Waals surface area contributed by atoms with Crippen LogP contribution in [0.4, 0.5) is 0 Å². The third-order valence-corrected chi connectivity index (χ3v) is 2.45. The van der Waals surface area contributed by atoms with E-state index in [1.165, 1.54) is 0 Å². The van der Waals surface area contributed by atoms with Crippen LogP contribution in [0.15, 0.2) is 30.9 Å². The summed E-state index contributed by atoms with van der Waals surface area (Å²) in [6.45, 7) is 2.61. The molecule has 18 heavy (non-hydrogen) atoms. The minimum absolute atomic E-state index is 0.0649. The Labute approximate surface area is 105 Å². The zero-order valence-electron chi connectivity index (χ0n) is 10.4. The van der Waals surface area contributed by atoms with Crippen LogP contribution in [-0.2, 0) is 6.54 Å². The first-order valence-corrected chi connectivity index (χ1v) is 5.65. The summed E-state index contributed by atoms with van der Waals surface area (Å²) in [4.78, 5) is 16.7. The van der Waals surface area contributed by atoms with Crippen LogP contribution in [0.25, 0.3) is 0 Å². The number of rotatable bonds is 5. The summed E-state index contributed by atoms with van der Waals surface area (Å²) in [6, 6.07) is 1.86. The number of hydrogen-bond donors (Lipinski definition) is 1. The van der Waals surface area contributed by atoms with E-state index >= 15 is 0 Å². The van der Waals surface area contributed by atoms with Gasteiger partial charge < -0.3 is 10.1 Å². The van der Waals surface area contributed by atoms with Gasteiger partial charge in [0.25, 0.3) is 0 Å². The monoisotopic (exact) mass is 245 g/mol. The Kier molecular flexibility index (Phi) is 4.14. The van der Waals surface area contributed by atoms with Gasteiger partial charge in [-0.2, -0.15) is 0 Å². The van der Waals surface area contributed by atoms with Crippen molar-refractivity contribution in [2.45, 2.75) is 19.5 Å². The zero-order chi connectivity index (χ0) is 12.8. The van der Waals surface area contributed by atoms with Gasteiger partial charge in [0.2, 0.25) is 5.88 Å². The van der Waals surface area contributed by atoms with E-state index in [4.69, 9.17) is 4.74 Å². The average Bonchev–Trinajstić information content (AvgIpc) is 2.46. The van der Waals surface area contributed by atoms with Crippen molar-refractivity contribution < 1.29 is 4.74 Å². The highest BCUT2D eigenvalue weighted by molar-refractivity contribution is 5.07. The maximum Gasteiger partial charge on any atom is 0.231 e. The molecule has 0 bridgehead atoms. The lowest BCUT2D eigenvalue weighted by Gasteiger charge is -2.11. The summed E-state index contributed by atoms with van der Waals surface area (Å²) < 4.78 is 4.95. The lowest BCUT2D eigenvalue weighted by Crippen LogP contribution is -2.20. The summed E-state index contributed by atoms with van der Waals surface area (Å²) in [6.07, 6.45) is 6.74. The molecule has 1 N–H and O–H groups in total. The molecule has 2 heterocycles. The van der Waals surface area contributed by atoms with Crippen LogP contribution in [0.3, 0.4) is 0 Å². The molecule has 0 radical (unpaired) electrons. The summed E-state index contributed by atoms with van der Waals surface area (Å²) in [5, 5.41) is 3.28. The molecule has 2 aromatic rings. The van der Waals surface area contributed by atoms with Gasteiger partial charge in [-0.3, -0.25) is 4.98 Å². The van der Waals surface area contributed by atoms with Crippen molar-refractivity contribution in [3.05, 3.63) is 42.4 Å². The van der Waals surface area contributed by atoms with Gasteiger partial charge in [0.05, 0.1) is 31.2 Å². The summed E-state index contributed by atoms with van der Waals surface area (Å²) in [7, 11) is 1.57. The maximum absolute atomic E-state index is 4.95. The van der Waals surface area contributed by atoms with Gasteiger partial charge in [-0.25, -0.2) is 15.0 Å². The predicted octanol–water partition coefficient (Wildman–Crippen LogP) is 1.13. The fourth-order valence-corrected chi connectivity index (χ4v) is 1.42. The van der Waals surface area contributed by atoms with Crippen molar-refractivity contribution in [2.75, 3.05) is 7.11 Å². The fourth-order valence-electron chi connectivity index (χ4n) is 1.42. The van der Waals surface area contributed by atoms with Crippen LogP contribution in [0.1, 0.15) is 24.5 Å². The lowest BCUT2D eigenvalue weighted by atomic mass is 10.3. The predicted molar refractivity (Wildman–Crippen MR) is 65.9 cm³/mol. The Morgan fingerprint density at radius 3 is 2.56 bits per heavy atom. The molecule has 0 aromatic carbocycles. The Morgan fingerprint density at radius 1 is 1.17 bits per heavy atom. The molecular weight excluding hydrogens is 230 g/mol. The Balaban J connectivity index is 1.91. The van der Waals surface area contributed by atoms with Crippen LogP contribution >= 0.6 is 0 Å². The Morgan fingerprint density at radius 2 is 1.94 bits per heavy atom. The number of methoxy groups -OCH3 is 1. The SMILES string of the molecule is COc1cnc(CNC(C)c2ncccn2)cn1. The van der Waals surface area contributed by atoms with Crippen molar-refractivity contribution in [3.63, 3.8) is 0 Å². The molecule has 0 aliphatic carbocycles. The van der Waals surface area contributed by atoms with Gasteiger partial charge in [-0.15, -0.1) is 0 Å². The summed E-state index contributed by atoms with van der Waals surface area (Å²) in [5.74, 6) is 1.28. The molecule has 94 valence electrons. The van der Waals surface area contributed by atoms with E-state index in [0.29, 0.717) is 12.4 Å². The van der Waals surface area contributed by atoms with E-state index < -0.39 is 0 Å². The second-order valence-electron chi connectivity index (χ2n) is 3.76. The average molecular weight is 245 g/mol. The number of ether oxygens (including phenoxy) is 1. The smallest absolute Gasteiger partial charge is 0.231 e. The quantitative estimate of drug-likeness (QED) is 0.851. The number of nitrogens with zero attached hydrogens (tertiary/aromatic N) is 4. The third kappa shape index (κ3) is 3.21. The molecule has 0 aliphatic heterocycles. The van der Waals surface area contributed by atoms with Crippen molar-refractivity contribution in [3.8, 4) is 5.88 Å². The topological polar surface area (TPSA) is 72.8 Å². The second kappa shape index (κ2) is 6.02. The van der Waals surface area contributed by atoms with Crippen LogP contribution in [0.2, 0.25) is 0 Å². The van der Waals surface area contributed by atoms with Crippen LogP contribution < -0.4 is 10.1 Å². The van der Waals surface area contributed by atoms with Crippen LogP contribution in [-0.4, -0.2) is 27.0 Å². The molecule has 0 saturated heterocycles. The highest BCUT2D eigenvalue weighted by Crippen LogP contribution is 2.07. The minimum atomic E-state index is 0.0649. The summed E-state index contributed by atoms with van der Waals surface area (Å²) in [5.41, 5.74) is 0.846. The molecule has 0 fully saturated rings. The van der Waals surface area contributed by atoms with Crippen molar-refractivity contribution in [1.29, 1.82) is 0 Å². The molecule has 0 amide bonds. The molecule has 6 nitrogen and oxygen atoms in total. The van der Waals surface area contributed by atoms with Gasteiger partial charge >= 0.3 is 0 Å². The van der Waals surface area contributed by atoms with E-state index in [0.717, 1.165) is 11.5 Å². The number of aromatic nitrogens is 4. The maximum atomic E-state index is 4.95. The molecule has 6 heteroatoms. The first-order valence-electron chi connectivity index (χ1n) is 5.65. The van der Waals surface area contributed by atoms with Gasteiger partial charge in [0.15, 0.2) is 0 Å². The molecular formula is C12H15N5O. The van der Waals surface area contributed by atoms with Crippen LogP contribution in [0, 0.1) is 0 Å². The highest BCUT2D eigenvalue weighted by atomic mass is 16.5. The number of hydrogen-bond acceptors (Lipinski definition) is 6. The molecule has 1 atom stereocenters. The van der Waals surface area contributed by atoms with Crippen LogP contribution in [0.5, 0.6) is 5.88 Å². The molecule has 1 unspecified atom stereocenters. The first kappa shape index (κ1) is 12.4. The molecule has 0 aliphatic rings.